The SMILES string of the molecule is C=C(OC(=N)c1ccc(N2CCC(N(C)C)C2)cc1)c1scc(S(=O)(=O)c2ccc(Cl)cc2)c1C. The zero-order chi connectivity index (χ0) is 25.3. The maximum atomic E-state index is 13.1. The van der Waals surface area contributed by atoms with Crippen molar-refractivity contribution in [3.8, 4) is 0 Å². The van der Waals surface area contributed by atoms with Crippen molar-refractivity contribution in [2.45, 2.75) is 29.2 Å². The number of halogens is 1. The number of sulfone groups is 1. The van der Waals surface area contributed by atoms with Gasteiger partial charge in [-0.25, -0.2) is 8.42 Å². The van der Waals surface area contributed by atoms with Gasteiger partial charge < -0.3 is 14.5 Å². The fourth-order valence-corrected chi connectivity index (χ4v) is 7.09. The van der Waals surface area contributed by atoms with Crippen LogP contribution in [-0.4, -0.2) is 52.4 Å². The Morgan fingerprint density at radius 2 is 1.83 bits per heavy atom. The van der Waals surface area contributed by atoms with Crippen molar-refractivity contribution in [1.29, 1.82) is 5.41 Å². The van der Waals surface area contributed by atoms with E-state index in [1.54, 1.807) is 24.4 Å². The minimum atomic E-state index is -3.71. The van der Waals surface area contributed by atoms with Crippen LogP contribution in [0.2, 0.25) is 5.02 Å². The van der Waals surface area contributed by atoms with Crippen molar-refractivity contribution in [2.24, 2.45) is 0 Å². The molecule has 0 amide bonds. The summed E-state index contributed by atoms with van der Waals surface area (Å²) in [4.78, 5) is 5.55. The summed E-state index contributed by atoms with van der Waals surface area (Å²) in [7, 11) is 0.502. The van der Waals surface area contributed by atoms with Gasteiger partial charge in [0.25, 0.3) is 0 Å². The van der Waals surface area contributed by atoms with E-state index >= 15 is 0 Å². The highest BCUT2D eigenvalue weighted by molar-refractivity contribution is 7.91. The van der Waals surface area contributed by atoms with Crippen LogP contribution in [0.3, 0.4) is 0 Å². The van der Waals surface area contributed by atoms with Gasteiger partial charge in [-0.3, -0.25) is 5.41 Å². The van der Waals surface area contributed by atoms with Gasteiger partial charge in [-0.15, -0.1) is 11.3 Å². The summed E-state index contributed by atoms with van der Waals surface area (Å²) in [5.74, 6) is 0.205. The fourth-order valence-electron chi connectivity index (χ4n) is 4.13. The van der Waals surface area contributed by atoms with Gasteiger partial charge in [0, 0.05) is 40.8 Å². The van der Waals surface area contributed by atoms with Gasteiger partial charge in [0.05, 0.1) is 14.7 Å². The van der Waals surface area contributed by atoms with Crippen molar-refractivity contribution < 1.29 is 13.2 Å². The molecule has 1 saturated heterocycles. The summed E-state index contributed by atoms with van der Waals surface area (Å²) in [6.07, 6.45) is 1.13. The van der Waals surface area contributed by atoms with E-state index in [4.69, 9.17) is 21.7 Å². The van der Waals surface area contributed by atoms with Crippen LogP contribution >= 0.6 is 22.9 Å². The van der Waals surface area contributed by atoms with Gasteiger partial charge in [0.15, 0.2) is 0 Å². The first kappa shape index (κ1) is 25.4. The molecular weight excluding hydrogens is 502 g/mol. The molecule has 1 aliphatic heterocycles. The second kappa shape index (κ2) is 10.1. The molecule has 0 bridgehead atoms. The van der Waals surface area contributed by atoms with Crippen LogP contribution in [0.15, 0.2) is 70.3 Å². The lowest BCUT2D eigenvalue weighted by molar-refractivity contribution is 0.315. The van der Waals surface area contributed by atoms with Crippen LogP contribution in [-0.2, 0) is 14.6 Å². The number of nitrogens with one attached hydrogen (secondary N) is 1. The molecule has 2 aromatic carbocycles. The number of hydrogen-bond acceptors (Lipinski definition) is 7. The molecule has 1 unspecified atom stereocenters. The third-order valence-electron chi connectivity index (χ3n) is 6.27. The first-order valence-corrected chi connectivity index (χ1v) is 13.9. The summed E-state index contributed by atoms with van der Waals surface area (Å²) >= 11 is 7.13. The van der Waals surface area contributed by atoms with Gasteiger partial charge in [-0.2, -0.15) is 0 Å². The normalized spacial score (nSPS) is 16.0. The molecule has 1 fully saturated rings. The predicted molar refractivity (Wildman–Crippen MR) is 144 cm³/mol. The molecule has 0 radical (unpaired) electrons. The van der Waals surface area contributed by atoms with Gasteiger partial charge in [-0.1, -0.05) is 18.2 Å². The average molecular weight is 530 g/mol. The first-order valence-electron chi connectivity index (χ1n) is 11.1. The average Bonchev–Trinajstić information content (AvgIpc) is 3.47. The smallest absolute Gasteiger partial charge is 0.219 e. The Morgan fingerprint density at radius 3 is 2.43 bits per heavy atom. The highest BCUT2D eigenvalue weighted by atomic mass is 35.5. The van der Waals surface area contributed by atoms with E-state index in [1.165, 1.54) is 23.5 Å². The third kappa shape index (κ3) is 5.30. The lowest BCUT2D eigenvalue weighted by atomic mass is 10.2. The Balaban J connectivity index is 1.45. The molecule has 184 valence electrons. The molecule has 6 nitrogen and oxygen atoms in total. The van der Waals surface area contributed by atoms with Gasteiger partial charge in [0.1, 0.15) is 5.76 Å². The van der Waals surface area contributed by atoms with Crippen molar-refractivity contribution in [2.75, 3.05) is 32.1 Å². The van der Waals surface area contributed by atoms with Crippen molar-refractivity contribution in [1.82, 2.24) is 4.90 Å². The summed E-state index contributed by atoms with van der Waals surface area (Å²) in [6.45, 7) is 7.67. The molecule has 4 rings (SSSR count). The summed E-state index contributed by atoms with van der Waals surface area (Å²) < 4.78 is 31.9. The molecule has 1 aliphatic rings. The standard InChI is InChI=1S/C26H28ClN3O3S2/c1-17-24(35(31,32)23-11-7-20(27)8-12-23)16-34-25(17)18(2)33-26(28)19-5-9-21(10-6-19)30-14-13-22(15-30)29(3)4/h5-12,16,22,28H,2,13-15H2,1,3-4H3. The maximum Gasteiger partial charge on any atom is 0.219 e. The minimum absolute atomic E-state index is 0.0379. The maximum absolute atomic E-state index is 13.1. The summed E-state index contributed by atoms with van der Waals surface area (Å²) in [5, 5.41) is 10.5. The zero-order valence-electron chi connectivity index (χ0n) is 19.9. The molecule has 0 aliphatic carbocycles. The molecule has 0 spiro atoms. The number of rotatable bonds is 7. The lowest BCUT2D eigenvalue weighted by Gasteiger charge is -2.22. The van der Waals surface area contributed by atoms with E-state index in [2.05, 4.69) is 30.5 Å². The topological polar surface area (TPSA) is 73.7 Å². The number of anilines is 1. The van der Waals surface area contributed by atoms with Gasteiger partial charge in [0.2, 0.25) is 15.7 Å². The van der Waals surface area contributed by atoms with E-state index in [9.17, 15) is 8.42 Å². The molecular formula is C26H28ClN3O3S2. The summed E-state index contributed by atoms with van der Waals surface area (Å²) in [5.41, 5.74) is 2.29. The fraction of sp³-hybridized carbons (Fsp3) is 0.269. The second-order valence-electron chi connectivity index (χ2n) is 8.76. The molecule has 1 N–H and O–H groups in total. The number of hydrogen-bond donors (Lipinski definition) is 1. The molecule has 9 heteroatoms. The number of ether oxygens (including phenoxy) is 1. The Kier molecular flexibility index (Phi) is 7.38. The Hall–Kier alpha value is -2.65. The third-order valence-corrected chi connectivity index (χ3v) is 9.69. The largest absolute Gasteiger partial charge is 0.438 e. The van der Waals surface area contributed by atoms with Crippen molar-refractivity contribution in [3.05, 3.63) is 81.5 Å². The number of nitrogens with zero attached hydrogens (tertiary/aromatic N) is 2. The van der Waals surface area contributed by atoms with Crippen LogP contribution in [0.5, 0.6) is 0 Å². The lowest BCUT2D eigenvalue weighted by Crippen LogP contribution is -2.31. The quantitative estimate of drug-likeness (QED) is 0.241. The molecule has 35 heavy (non-hydrogen) atoms. The highest BCUT2D eigenvalue weighted by Gasteiger charge is 2.26. The molecule has 2 heterocycles. The van der Waals surface area contributed by atoms with Crippen molar-refractivity contribution >= 4 is 50.1 Å². The molecule has 1 atom stereocenters. The minimum Gasteiger partial charge on any atom is -0.438 e. The van der Waals surface area contributed by atoms with E-state index in [1.807, 2.05) is 24.3 Å². The van der Waals surface area contributed by atoms with Crippen LogP contribution in [0.25, 0.3) is 5.76 Å². The van der Waals surface area contributed by atoms with Crippen LogP contribution < -0.4 is 4.90 Å². The number of thiophene rings is 1. The van der Waals surface area contributed by atoms with Crippen molar-refractivity contribution in [3.63, 3.8) is 0 Å². The van der Waals surface area contributed by atoms with E-state index < -0.39 is 9.84 Å². The Morgan fingerprint density at radius 1 is 1.17 bits per heavy atom. The Labute approximate surface area is 215 Å². The summed E-state index contributed by atoms with van der Waals surface area (Å²) in [6, 6.07) is 14.4. The van der Waals surface area contributed by atoms with Crippen LogP contribution in [0.4, 0.5) is 5.69 Å². The molecule has 3 aromatic rings. The molecule has 1 aromatic heterocycles. The monoisotopic (exact) mass is 529 g/mol. The Bertz CT molecular complexity index is 1350. The highest BCUT2D eigenvalue weighted by Crippen LogP contribution is 2.35. The van der Waals surface area contributed by atoms with Crippen LogP contribution in [0, 0.1) is 12.3 Å². The first-order chi connectivity index (χ1) is 16.6. The van der Waals surface area contributed by atoms with E-state index in [0.717, 1.165) is 25.2 Å². The number of benzene rings is 2. The van der Waals surface area contributed by atoms with Gasteiger partial charge >= 0.3 is 0 Å². The molecule has 0 saturated carbocycles. The van der Waals surface area contributed by atoms with E-state index in [-0.39, 0.29) is 21.4 Å². The van der Waals surface area contributed by atoms with E-state index in [0.29, 0.717) is 27.1 Å². The predicted octanol–water partition coefficient (Wildman–Crippen LogP) is 5.70. The second-order valence-corrected chi connectivity index (χ2v) is 12.0. The van der Waals surface area contributed by atoms with Gasteiger partial charge in [-0.05, 0) is 81.5 Å². The van der Waals surface area contributed by atoms with Crippen LogP contribution in [0.1, 0.15) is 22.4 Å². The zero-order valence-corrected chi connectivity index (χ0v) is 22.3. The number of likely N-dealkylation sites (N-methyl/N-ethyl adjacent to an activating group) is 1.